The summed E-state index contributed by atoms with van der Waals surface area (Å²) in [4.78, 5) is 8.67. The van der Waals surface area contributed by atoms with E-state index < -0.39 is 0 Å². The van der Waals surface area contributed by atoms with Gasteiger partial charge in [-0.25, -0.2) is 4.98 Å². The van der Waals surface area contributed by atoms with Crippen LogP contribution in [-0.4, -0.2) is 16.0 Å². The summed E-state index contributed by atoms with van der Waals surface area (Å²) in [5.41, 5.74) is 7.67. The van der Waals surface area contributed by atoms with Crippen LogP contribution in [0.15, 0.2) is 22.7 Å². The van der Waals surface area contributed by atoms with Crippen LogP contribution in [-0.2, 0) is 0 Å². The molecule has 17 heavy (non-hydrogen) atoms. The number of hydrogen-bond acceptors (Lipinski definition) is 4. The average molecular weight is 231 g/mol. The van der Waals surface area contributed by atoms with Gasteiger partial charge in [0, 0.05) is 12.2 Å². The highest BCUT2D eigenvalue weighted by atomic mass is 16.3. The minimum absolute atomic E-state index is 0.172. The predicted molar refractivity (Wildman–Crippen MR) is 65.6 cm³/mol. The number of pyridine rings is 1. The first-order valence-corrected chi connectivity index (χ1v) is 6.31. The third-order valence-electron chi connectivity index (χ3n) is 3.57. The highest BCUT2D eigenvalue weighted by Gasteiger charge is 2.26. The van der Waals surface area contributed by atoms with Gasteiger partial charge in [-0.15, -0.1) is 0 Å². The molecule has 0 spiro atoms. The molecule has 90 valence electrons. The molecule has 2 aromatic heterocycles. The molecule has 1 aliphatic carbocycles. The maximum absolute atomic E-state index is 6.21. The standard InChI is InChI=1S/C13H17N3O/c14-10-6-3-1-2-5-9(10)13-16-12-11(17-13)7-4-8-15-12/h4,7-10H,1-3,5-6,14H2. The van der Waals surface area contributed by atoms with Gasteiger partial charge in [-0.2, -0.15) is 4.98 Å². The number of aromatic nitrogens is 2. The van der Waals surface area contributed by atoms with Crippen molar-refractivity contribution in [2.45, 2.75) is 44.1 Å². The second-order valence-corrected chi connectivity index (χ2v) is 4.79. The quantitative estimate of drug-likeness (QED) is 0.766. The van der Waals surface area contributed by atoms with Gasteiger partial charge in [0.1, 0.15) is 0 Å². The smallest absolute Gasteiger partial charge is 0.201 e. The van der Waals surface area contributed by atoms with E-state index in [2.05, 4.69) is 9.97 Å². The fraction of sp³-hybridized carbons (Fsp3) is 0.538. The van der Waals surface area contributed by atoms with Gasteiger partial charge in [0.25, 0.3) is 0 Å². The first kappa shape index (κ1) is 10.7. The molecule has 2 N–H and O–H groups in total. The van der Waals surface area contributed by atoms with Gasteiger partial charge in [-0.05, 0) is 25.0 Å². The molecule has 3 rings (SSSR count). The molecule has 2 heterocycles. The molecule has 4 nitrogen and oxygen atoms in total. The van der Waals surface area contributed by atoms with Crippen LogP contribution < -0.4 is 5.73 Å². The molecule has 0 saturated heterocycles. The summed E-state index contributed by atoms with van der Waals surface area (Å²) in [7, 11) is 0. The van der Waals surface area contributed by atoms with Gasteiger partial charge in [0.15, 0.2) is 11.2 Å². The third-order valence-corrected chi connectivity index (χ3v) is 3.57. The van der Waals surface area contributed by atoms with Crippen molar-refractivity contribution in [2.75, 3.05) is 0 Å². The van der Waals surface area contributed by atoms with Gasteiger partial charge < -0.3 is 10.2 Å². The third kappa shape index (κ3) is 2.05. The van der Waals surface area contributed by atoms with Crippen molar-refractivity contribution in [2.24, 2.45) is 5.73 Å². The summed E-state index contributed by atoms with van der Waals surface area (Å²) in [6.07, 6.45) is 7.58. The lowest BCUT2D eigenvalue weighted by Gasteiger charge is -2.17. The normalized spacial score (nSPS) is 25.9. The lowest BCUT2D eigenvalue weighted by Crippen LogP contribution is -2.27. The zero-order valence-corrected chi connectivity index (χ0v) is 9.80. The topological polar surface area (TPSA) is 64.9 Å². The van der Waals surface area contributed by atoms with E-state index in [1.165, 1.54) is 19.3 Å². The van der Waals surface area contributed by atoms with Crippen molar-refractivity contribution in [3.63, 3.8) is 0 Å². The van der Waals surface area contributed by atoms with Crippen molar-refractivity contribution in [3.05, 3.63) is 24.2 Å². The van der Waals surface area contributed by atoms with E-state index in [0.717, 1.165) is 24.3 Å². The molecular weight excluding hydrogens is 214 g/mol. The number of hydrogen-bond donors (Lipinski definition) is 1. The lowest BCUT2D eigenvalue weighted by atomic mass is 9.95. The van der Waals surface area contributed by atoms with E-state index >= 15 is 0 Å². The zero-order chi connectivity index (χ0) is 11.7. The minimum Gasteiger partial charge on any atom is -0.439 e. The van der Waals surface area contributed by atoms with Crippen LogP contribution in [0, 0.1) is 0 Å². The molecular formula is C13H17N3O. The SMILES string of the molecule is NC1CCCCCC1c1nc2ncccc2o1. The van der Waals surface area contributed by atoms with E-state index in [9.17, 15) is 0 Å². The molecule has 0 amide bonds. The largest absolute Gasteiger partial charge is 0.439 e. The summed E-state index contributed by atoms with van der Waals surface area (Å²) in [6, 6.07) is 3.94. The van der Waals surface area contributed by atoms with E-state index in [0.29, 0.717) is 5.65 Å². The maximum Gasteiger partial charge on any atom is 0.201 e. The van der Waals surface area contributed by atoms with Crippen molar-refractivity contribution in [1.82, 2.24) is 9.97 Å². The van der Waals surface area contributed by atoms with Crippen LogP contribution in [0.5, 0.6) is 0 Å². The van der Waals surface area contributed by atoms with E-state index in [1.54, 1.807) is 6.20 Å². The van der Waals surface area contributed by atoms with Gasteiger partial charge in [-0.1, -0.05) is 19.3 Å². The van der Waals surface area contributed by atoms with E-state index in [1.807, 2.05) is 12.1 Å². The van der Waals surface area contributed by atoms with Crippen LogP contribution in [0.2, 0.25) is 0 Å². The molecule has 1 aliphatic rings. The van der Waals surface area contributed by atoms with Crippen LogP contribution in [0.1, 0.15) is 43.9 Å². The summed E-state index contributed by atoms with van der Waals surface area (Å²) >= 11 is 0. The number of nitrogens with two attached hydrogens (primary N) is 1. The zero-order valence-electron chi connectivity index (χ0n) is 9.80. The first-order chi connectivity index (χ1) is 8.34. The lowest BCUT2D eigenvalue weighted by molar-refractivity contribution is 0.402. The van der Waals surface area contributed by atoms with Gasteiger partial charge in [-0.3, -0.25) is 0 Å². The fourth-order valence-corrected chi connectivity index (χ4v) is 2.59. The Kier molecular flexibility index (Phi) is 2.81. The fourth-order valence-electron chi connectivity index (χ4n) is 2.59. The Hall–Kier alpha value is -1.42. The molecule has 0 bridgehead atoms. The molecule has 0 aromatic carbocycles. The Morgan fingerprint density at radius 1 is 1.24 bits per heavy atom. The Labute approximate surface area is 100 Å². The second kappa shape index (κ2) is 4.45. The van der Waals surface area contributed by atoms with Gasteiger partial charge in [0.2, 0.25) is 5.89 Å². The van der Waals surface area contributed by atoms with E-state index in [4.69, 9.17) is 10.2 Å². The Bertz CT molecular complexity index is 475. The minimum atomic E-state index is 0.172. The first-order valence-electron chi connectivity index (χ1n) is 6.31. The van der Waals surface area contributed by atoms with E-state index in [-0.39, 0.29) is 12.0 Å². The maximum atomic E-state index is 6.21. The van der Waals surface area contributed by atoms with Crippen LogP contribution in [0.3, 0.4) is 0 Å². The second-order valence-electron chi connectivity index (χ2n) is 4.79. The number of rotatable bonds is 1. The Morgan fingerprint density at radius 3 is 3.00 bits per heavy atom. The highest BCUT2D eigenvalue weighted by molar-refractivity contribution is 5.67. The summed E-state index contributed by atoms with van der Waals surface area (Å²) in [6.45, 7) is 0. The molecule has 2 aromatic rings. The van der Waals surface area contributed by atoms with Crippen LogP contribution in [0.4, 0.5) is 0 Å². The molecule has 1 saturated carbocycles. The Balaban J connectivity index is 1.95. The van der Waals surface area contributed by atoms with Crippen molar-refractivity contribution >= 4 is 11.2 Å². The molecule has 1 fully saturated rings. The van der Waals surface area contributed by atoms with Crippen LogP contribution >= 0.6 is 0 Å². The molecule has 4 heteroatoms. The molecule has 2 unspecified atom stereocenters. The van der Waals surface area contributed by atoms with Crippen molar-refractivity contribution < 1.29 is 4.42 Å². The highest BCUT2D eigenvalue weighted by Crippen LogP contribution is 2.31. The Morgan fingerprint density at radius 2 is 2.12 bits per heavy atom. The molecule has 0 aliphatic heterocycles. The van der Waals surface area contributed by atoms with Crippen LogP contribution in [0.25, 0.3) is 11.2 Å². The molecule has 2 atom stereocenters. The summed E-state index contributed by atoms with van der Waals surface area (Å²) in [5, 5.41) is 0. The van der Waals surface area contributed by atoms with Crippen molar-refractivity contribution in [1.29, 1.82) is 0 Å². The number of oxazole rings is 1. The monoisotopic (exact) mass is 231 g/mol. The summed E-state index contributed by atoms with van der Waals surface area (Å²) in [5.74, 6) is 1.03. The predicted octanol–water partition coefficient (Wildman–Crippen LogP) is 2.60. The number of nitrogens with zero attached hydrogens (tertiary/aromatic N) is 2. The number of fused-ring (bicyclic) bond motifs is 1. The summed E-state index contributed by atoms with van der Waals surface area (Å²) < 4.78 is 5.78. The van der Waals surface area contributed by atoms with Gasteiger partial charge >= 0.3 is 0 Å². The molecule has 0 radical (unpaired) electrons. The van der Waals surface area contributed by atoms with Crippen molar-refractivity contribution in [3.8, 4) is 0 Å². The van der Waals surface area contributed by atoms with Gasteiger partial charge in [0.05, 0.1) is 5.92 Å². The average Bonchev–Trinajstić information content (AvgIpc) is 2.65.